The van der Waals surface area contributed by atoms with Gasteiger partial charge in [0.15, 0.2) is 0 Å². The zero-order chi connectivity index (χ0) is 13.2. The van der Waals surface area contributed by atoms with Crippen molar-refractivity contribution in [1.29, 1.82) is 0 Å². The van der Waals surface area contributed by atoms with Crippen LogP contribution in [0.3, 0.4) is 0 Å². The summed E-state index contributed by atoms with van der Waals surface area (Å²) in [5, 5.41) is 6.88. The van der Waals surface area contributed by atoms with Crippen molar-refractivity contribution in [3.63, 3.8) is 0 Å². The molecule has 0 unspecified atom stereocenters. The van der Waals surface area contributed by atoms with E-state index < -0.39 is 6.17 Å². The van der Waals surface area contributed by atoms with Crippen molar-refractivity contribution in [2.24, 2.45) is 0 Å². The number of aromatic nitrogens is 3. The van der Waals surface area contributed by atoms with Crippen LogP contribution < -0.4 is 10.1 Å². The molecule has 0 radical (unpaired) electrons. The first-order valence-corrected chi connectivity index (χ1v) is 5.97. The fourth-order valence-corrected chi connectivity index (χ4v) is 2.01. The topological polar surface area (TPSA) is 73.1 Å². The Balaban J connectivity index is 1.80. The second kappa shape index (κ2) is 4.93. The van der Waals surface area contributed by atoms with E-state index in [0.29, 0.717) is 30.6 Å². The molecule has 2 atom stereocenters. The Kier molecular flexibility index (Phi) is 3.12. The number of methoxy groups -OCH3 is 1. The largest absolute Gasteiger partial charge is 0.481 e. The molecule has 1 saturated heterocycles. The molecule has 3 heterocycles. The van der Waals surface area contributed by atoms with E-state index in [-0.39, 0.29) is 6.04 Å². The maximum atomic E-state index is 13.1. The van der Waals surface area contributed by atoms with E-state index in [1.165, 1.54) is 0 Å². The van der Waals surface area contributed by atoms with E-state index in [2.05, 4.69) is 20.4 Å². The number of pyridine rings is 1. The highest BCUT2D eigenvalue weighted by molar-refractivity contribution is 5.53. The number of alkyl halides is 1. The van der Waals surface area contributed by atoms with Gasteiger partial charge in [0.1, 0.15) is 6.17 Å². The van der Waals surface area contributed by atoms with Crippen molar-refractivity contribution in [3.05, 3.63) is 24.2 Å². The van der Waals surface area contributed by atoms with E-state index in [1.807, 2.05) is 0 Å². The van der Waals surface area contributed by atoms with Crippen LogP contribution in [0.5, 0.6) is 5.88 Å². The zero-order valence-electron chi connectivity index (χ0n) is 10.3. The summed E-state index contributed by atoms with van der Waals surface area (Å²) < 4.78 is 23.2. The number of rotatable bonds is 3. The fraction of sp³-hybridized carbons (Fsp3) is 0.417. The van der Waals surface area contributed by atoms with Crippen molar-refractivity contribution in [3.8, 4) is 17.3 Å². The molecular formula is C12H13FN4O2. The minimum atomic E-state index is -0.858. The molecule has 7 heteroatoms. The van der Waals surface area contributed by atoms with Gasteiger partial charge in [-0.15, -0.1) is 0 Å². The number of hydrogen-bond donors (Lipinski definition) is 1. The standard InChI is InChI=1S/C12H13FN4O2/c1-18-10-3-2-7(5-15-10)11-16-12(19-17-11)9-4-8(13)6-14-9/h2-3,5,8-9,14H,4,6H2,1H3/t8-,9+/m0/s1. The second-order valence-electron chi connectivity index (χ2n) is 4.34. The minimum Gasteiger partial charge on any atom is -0.481 e. The number of nitrogens with one attached hydrogen (secondary N) is 1. The lowest BCUT2D eigenvalue weighted by Gasteiger charge is -2.01. The third-order valence-electron chi connectivity index (χ3n) is 3.02. The van der Waals surface area contributed by atoms with Gasteiger partial charge in [0.05, 0.1) is 13.2 Å². The highest BCUT2D eigenvalue weighted by Gasteiger charge is 2.29. The molecule has 1 N–H and O–H groups in total. The lowest BCUT2D eigenvalue weighted by atomic mass is 10.2. The summed E-state index contributed by atoms with van der Waals surface area (Å²) in [7, 11) is 1.55. The summed E-state index contributed by atoms with van der Waals surface area (Å²) in [6.07, 6.45) is 1.11. The van der Waals surface area contributed by atoms with Crippen molar-refractivity contribution >= 4 is 0 Å². The fourth-order valence-electron chi connectivity index (χ4n) is 2.01. The normalized spacial score (nSPS) is 22.6. The van der Waals surface area contributed by atoms with Gasteiger partial charge in [-0.3, -0.25) is 0 Å². The van der Waals surface area contributed by atoms with E-state index in [1.54, 1.807) is 25.4 Å². The van der Waals surface area contributed by atoms with Gasteiger partial charge < -0.3 is 14.6 Å². The van der Waals surface area contributed by atoms with Gasteiger partial charge in [-0.2, -0.15) is 4.98 Å². The third kappa shape index (κ3) is 2.41. The highest BCUT2D eigenvalue weighted by Crippen LogP contribution is 2.25. The van der Waals surface area contributed by atoms with E-state index in [9.17, 15) is 4.39 Å². The summed E-state index contributed by atoms with van der Waals surface area (Å²) >= 11 is 0. The van der Waals surface area contributed by atoms with Crippen molar-refractivity contribution in [1.82, 2.24) is 20.4 Å². The van der Waals surface area contributed by atoms with Gasteiger partial charge in [-0.05, 0) is 6.07 Å². The van der Waals surface area contributed by atoms with Crippen LogP contribution in [0.25, 0.3) is 11.4 Å². The molecule has 0 aromatic carbocycles. The van der Waals surface area contributed by atoms with Gasteiger partial charge in [0, 0.05) is 30.8 Å². The predicted octanol–water partition coefficient (Wildman–Crippen LogP) is 1.51. The first kappa shape index (κ1) is 12.0. The molecule has 0 spiro atoms. The molecule has 1 fully saturated rings. The summed E-state index contributed by atoms with van der Waals surface area (Å²) in [5.41, 5.74) is 0.727. The Bertz CT molecular complexity index is 557. The lowest BCUT2D eigenvalue weighted by Crippen LogP contribution is -2.14. The number of halogens is 1. The van der Waals surface area contributed by atoms with Crippen LogP contribution >= 0.6 is 0 Å². The Morgan fingerprint density at radius 3 is 3.00 bits per heavy atom. The van der Waals surface area contributed by atoms with Gasteiger partial charge in [0.25, 0.3) is 0 Å². The summed E-state index contributed by atoms with van der Waals surface area (Å²) in [5.74, 6) is 1.37. The number of ether oxygens (including phenoxy) is 1. The highest BCUT2D eigenvalue weighted by atomic mass is 19.1. The Labute approximate surface area is 109 Å². The molecule has 0 amide bonds. The number of nitrogens with zero attached hydrogens (tertiary/aromatic N) is 3. The molecular weight excluding hydrogens is 251 g/mol. The van der Waals surface area contributed by atoms with Crippen LogP contribution in [0.4, 0.5) is 4.39 Å². The lowest BCUT2D eigenvalue weighted by molar-refractivity contribution is 0.324. The average Bonchev–Trinajstić information content (AvgIpc) is 3.07. The van der Waals surface area contributed by atoms with Crippen LogP contribution in [0.1, 0.15) is 18.4 Å². The molecule has 2 aromatic rings. The zero-order valence-corrected chi connectivity index (χ0v) is 10.3. The van der Waals surface area contributed by atoms with Crippen LogP contribution in [0.15, 0.2) is 22.9 Å². The smallest absolute Gasteiger partial charge is 0.244 e. The maximum Gasteiger partial charge on any atom is 0.244 e. The predicted molar refractivity (Wildman–Crippen MR) is 64.3 cm³/mol. The third-order valence-corrected chi connectivity index (χ3v) is 3.02. The van der Waals surface area contributed by atoms with Crippen molar-refractivity contribution in [2.75, 3.05) is 13.7 Å². The first-order valence-electron chi connectivity index (χ1n) is 5.97. The minimum absolute atomic E-state index is 0.206. The summed E-state index contributed by atoms with van der Waals surface area (Å²) in [6.45, 7) is 0.326. The van der Waals surface area contributed by atoms with E-state index in [4.69, 9.17) is 9.26 Å². The molecule has 6 nitrogen and oxygen atoms in total. The monoisotopic (exact) mass is 264 g/mol. The molecule has 2 aromatic heterocycles. The average molecular weight is 264 g/mol. The van der Waals surface area contributed by atoms with Gasteiger partial charge in [-0.1, -0.05) is 5.16 Å². The Morgan fingerprint density at radius 2 is 2.37 bits per heavy atom. The molecule has 1 aliphatic rings. The van der Waals surface area contributed by atoms with Crippen LogP contribution in [-0.4, -0.2) is 35.0 Å². The molecule has 100 valence electrons. The van der Waals surface area contributed by atoms with Gasteiger partial charge in [0.2, 0.25) is 17.6 Å². The molecule has 0 aliphatic carbocycles. The molecule has 3 rings (SSSR count). The molecule has 1 aliphatic heterocycles. The molecule has 0 bridgehead atoms. The van der Waals surface area contributed by atoms with Crippen molar-refractivity contribution in [2.45, 2.75) is 18.6 Å². The summed E-state index contributed by atoms with van der Waals surface area (Å²) in [6, 6.07) is 3.31. The summed E-state index contributed by atoms with van der Waals surface area (Å²) in [4.78, 5) is 8.34. The van der Waals surface area contributed by atoms with Crippen LogP contribution in [0.2, 0.25) is 0 Å². The maximum absolute atomic E-state index is 13.1. The van der Waals surface area contributed by atoms with Crippen LogP contribution in [0, 0.1) is 0 Å². The van der Waals surface area contributed by atoms with Crippen LogP contribution in [-0.2, 0) is 0 Å². The van der Waals surface area contributed by atoms with E-state index >= 15 is 0 Å². The second-order valence-corrected chi connectivity index (χ2v) is 4.34. The Morgan fingerprint density at radius 1 is 1.47 bits per heavy atom. The van der Waals surface area contributed by atoms with Gasteiger partial charge in [-0.25, -0.2) is 9.37 Å². The van der Waals surface area contributed by atoms with Gasteiger partial charge >= 0.3 is 0 Å². The Hall–Kier alpha value is -2.02. The number of hydrogen-bond acceptors (Lipinski definition) is 6. The SMILES string of the molecule is COc1ccc(-c2noc([C@H]3C[C@H](F)CN3)n2)cn1. The molecule has 0 saturated carbocycles. The molecule has 19 heavy (non-hydrogen) atoms. The van der Waals surface area contributed by atoms with Crippen molar-refractivity contribution < 1.29 is 13.7 Å². The van der Waals surface area contributed by atoms with E-state index in [0.717, 1.165) is 5.56 Å². The quantitative estimate of drug-likeness (QED) is 0.906. The first-order chi connectivity index (χ1) is 9.26.